The van der Waals surface area contributed by atoms with E-state index in [0.29, 0.717) is 13.1 Å². The smallest absolute Gasteiger partial charge is 0.244 e. The highest BCUT2D eigenvalue weighted by Gasteiger charge is 2.76. The molecule has 6 atom stereocenters. The Hall–Kier alpha value is -2.34. The van der Waals surface area contributed by atoms with Crippen LogP contribution in [0.1, 0.15) is 19.4 Å². The van der Waals surface area contributed by atoms with Gasteiger partial charge < -0.3 is 20.5 Å². The number of aliphatic hydroxyl groups is 1. The maximum absolute atomic E-state index is 12.8. The molecule has 0 radical (unpaired) electrons. The summed E-state index contributed by atoms with van der Waals surface area (Å²) >= 11 is 1.53. The number of thioether (sulfide) groups is 1. The second kappa shape index (κ2) is 11.2. The van der Waals surface area contributed by atoms with Crippen LogP contribution in [0.2, 0.25) is 0 Å². The van der Waals surface area contributed by atoms with Crippen molar-refractivity contribution in [3.8, 4) is 12.1 Å². The number of morpholine rings is 1. The Morgan fingerprint density at radius 2 is 2.14 bits per heavy atom. The van der Waals surface area contributed by atoms with Gasteiger partial charge in [-0.25, -0.2) is 0 Å². The normalized spacial score (nSPS) is 31.5. The van der Waals surface area contributed by atoms with Gasteiger partial charge >= 0.3 is 0 Å². The van der Waals surface area contributed by atoms with Crippen molar-refractivity contribution in [1.29, 1.82) is 10.5 Å². The molecule has 1 saturated carbocycles. The molecule has 2 saturated heterocycles. The van der Waals surface area contributed by atoms with Crippen LogP contribution in [0.25, 0.3) is 0 Å². The molecule has 3 N–H and O–H groups in total. The number of anilines is 1. The van der Waals surface area contributed by atoms with E-state index in [9.17, 15) is 15.2 Å². The summed E-state index contributed by atoms with van der Waals surface area (Å²) in [5.74, 6) is -0.328. The van der Waals surface area contributed by atoms with Crippen LogP contribution in [0.4, 0.5) is 5.69 Å². The summed E-state index contributed by atoms with van der Waals surface area (Å²) in [5.41, 5.74) is 1.06. The van der Waals surface area contributed by atoms with Crippen molar-refractivity contribution in [2.75, 3.05) is 51.3 Å². The lowest BCUT2D eigenvalue weighted by Crippen LogP contribution is -2.51. The highest BCUT2D eigenvalue weighted by molar-refractivity contribution is 8.01. The van der Waals surface area contributed by atoms with E-state index in [0.717, 1.165) is 38.5 Å². The van der Waals surface area contributed by atoms with E-state index in [1.165, 1.54) is 17.3 Å². The molecule has 5 unspecified atom stereocenters. The van der Waals surface area contributed by atoms with Crippen LogP contribution in [-0.4, -0.2) is 89.5 Å². The van der Waals surface area contributed by atoms with Crippen LogP contribution in [-0.2, 0) is 16.1 Å². The molecule has 188 valence electrons. The molecule has 3 aliphatic rings. The first-order chi connectivity index (χ1) is 17.0. The molecule has 35 heavy (non-hydrogen) atoms. The Bertz CT molecular complexity index is 990. The van der Waals surface area contributed by atoms with Gasteiger partial charge in [0.2, 0.25) is 5.91 Å². The molecule has 0 spiro atoms. The number of hydrogen-bond donors (Lipinski definition) is 3. The van der Waals surface area contributed by atoms with E-state index in [-0.39, 0.29) is 29.0 Å². The Balaban J connectivity index is 1.39. The van der Waals surface area contributed by atoms with Gasteiger partial charge in [-0.05, 0) is 30.2 Å². The molecule has 0 aromatic heterocycles. The number of amides is 1. The van der Waals surface area contributed by atoms with Gasteiger partial charge in [-0.3, -0.25) is 14.6 Å². The van der Waals surface area contributed by atoms with E-state index in [1.807, 2.05) is 17.9 Å². The standard InChI is InChI=1S/C25H34N6O3S/c1-3-31-21-22(25(21,16-27)24(33)28-8-7-26)35-20(23(31)32)17(2)14-29-19-6-4-5-18(13-19)15-30-9-11-34-12-10-30/h4-6,13,17,20-23,29,32H,3,8-12,14-15H2,1-2H3,(H,28,33)/t17?,20?,21?,22?,23-,25?/m0/s1. The summed E-state index contributed by atoms with van der Waals surface area (Å²) < 4.78 is 5.44. The quantitative estimate of drug-likeness (QED) is 0.431. The predicted molar refractivity (Wildman–Crippen MR) is 134 cm³/mol. The molecule has 1 aromatic rings. The van der Waals surface area contributed by atoms with Crippen LogP contribution in [0.5, 0.6) is 0 Å². The second-order valence-corrected chi connectivity index (χ2v) is 10.8. The average Bonchev–Trinajstić information content (AvgIpc) is 3.54. The number of fused-ring (bicyclic) bond motifs is 1. The number of rotatable bonds is 9. The third kappa shape index (κ3) is 5.13. The van der Waals surface area contributed by atoms with Crippen molar-refractivity contribution in [2.24, 2.45) is 11.3 Å². The molecule has 10 heteroatoms. The predicted octanol–water partition coefficient (Wildman–Crippen LogP) is 1.22. The number of nitriles is 2. The van der Waals surface area contributed by atoms with E-state index >= 15 is 0 Å². The zero-order chi connectivity index (χ0) is 25.0. The SMILES string of the molecule is CCN1C2C(SC(C(C)CNc3cccc(CN4CCOCC4)c3)[C@@H]1O)C2(C#N)C(=O)NCC#N. The Labute approximate surface area is 211 Å². The third-order valence-electron chi connectivity index (χ3n) is 7.27. The van der Waals surface area contributed by atoms with Crippen molar-refractivity contribution in [3.63, 3.8) is 0 Å². The summed E-state index contributed by atoms with van der Waals surface area (Å²) in [5, 5.41) is 35.6. The Morgan fingerprint density at radius 1 is 1.37 bits per heavy atom. The number of hydrogen-bond acceptors (Lipinski definition) is 9. The summed E-state index contributed by atoms with van der Waals surface area (Å²) in [6.07, 6.45) is -0.755. The van der Waals surface area contributed by atoms with Gasteiger partial charge in [-0.2, -0.15) is 10.5 Å². The van der Waals surface area contributed by atoms with Crippen LogP contribution < -0.4 is 10.6 Å². The largest absolute Gasteiger partial charge is 0.385 e. The summed E-state index contributed by atoms with van der Waals surface area (Å²) in [4.78, 5) is 17.0. The topological polar surface area (TPSA) is 125 Å². The maximum Gasteiger partial charge on any atom is 0.244 e. The van der Waals surface area contributed by atoms with E-state index < -0.39 is 17.6 Å². The van der Waals surface area contributed by atoms with Crippen molar-refractivity contribution in [2.45, 2.75) is 43.2 Å². The minimum Gasteiger partial charge on any atom is -0.385 e. The van der Waals surface area contributed by atoms with Crippen molar-refractivity contribution in [1.82, 2.24) is 15.1 Å². The first-order valence-electron chi connectivity index (χ1n) is 12.2. The van der Waals surface area contributed by atoms with Crippen LogP contribution >= 0.6 is 11.8 Å². The number of benzene rings is 1. The number of nitrogens with one attached hydrogen (secondary N) is 2. The molecular formula is C25H34N6O3S. The fourth-order valence-corrected chi connectivity index (χ4v) is 7.22. The number of carbonyl (C=O) groups is 1. The minimum absolute atomic E-state index is 0.0899. The van der Waals surface area contributed by atoms with Gasteiger partial charge in [-0.1, -0.05) is 26.0 Å². The highest BCUT2D eigenvalue weighted by Crippen LogP contribution is 2.62. The van der Waals surface area contributed by atoms with Gasteiger partial charge in [0.15, 0.2) is 5.41 Å². The number of carbonyl (C=O) groups excluding carboxylic acids is 1. The summed E-state index contributed by atoms with van der Waals surface area (Å²) in [6, 6.07) is 12.2. The lowest BCUT2D eigenvalue weighted by Gasteiger charge is -2.39. The van der Waals surface area contributed by atoms with E-state index in [2.05, 4.69) is 52.8 Å². The Kier molecular flexibility index (Phi) is 8.20. The summed E-state index contributed by atoms with van der Waals surface area (Å²) in [7, 11) is 0. The molecule has 4 rings (SSSR count). The minimum atomic E-state index is -1.23. The molecule has 9 nitrogen and oxygen atoms in total. The van der Waals surface area contributed by atoms with Gasteiger partial charge in [0.1, 0.15) is 12.8 Å². The molecule has 3 fully saturated rings. The number of aliphatic hydroxyl groups excluding tert-OH is 1. The van der Waals surface area contributed by atoms with E-state index in [1.54, 1.807) is 0 Å². The first-order valence-corrected chi connectivity index (χ1v) is 13.2. The van der Waals surface area contributed by atoms with Gasteiger partial charge in [-0.15, -0.1) is 11.8 Å². The maximum atomic E-state index is 12.8. The number of ether oxygens (including phenoxy) is 1. The van der Waals surface area contributed by atoms with Gasteiger partial charge in [0.05, 0.1) is 36.6 Å². The van der Waals surface area contributed by atoms with Crippen LogP contribution in [0.3, 0.4) is 0 Å². The fourth-order valence-electron chi connectivity index (χ4n) is 5.26. The average molecular weight is 499 g/mol. The molecule has 1 aromatic carbocycles. The molecule has 2 heterocycles. The van der Waals surface area contributed by atoms with Crippen molar-refractivity contribution >= 4 is 23.4 Å². The number of nitrogens with zero attached hydrogens (tertiary/aromatic N) is 4. The highest BCUT2D eigenvalue weighted by atomic mass is 32.2. The monoisotopic (exact) mass is 498 g/mol. The fraction of sp³-hybridized carbons (Fsp3) is 0.640. The lowest BCUT2D eigenvalue weighted by atomic mass is 10.0. The second-order valence-electron chi connectivity index (χ2n) is 9.48. The summed E-state index contributed by atoms with van der Waals surface area (Å²) in [6.45, 7) is 9.43. The van der Waals surface area contributed by atoms with Crippen LogP contribution in [0, 0.1) is 34.0 Å². The molecule has 1 amide bonds. The van der Waals surface area contributed by atoms with Gasteiger partial charge in [0, 0.05) is 37.1 Å². The van der Waals surface area contributed by atoms with Crippen molar-refractivity contribution in [3.05, 3.63) is 29.8 Å². The molecular weight excluding hydrogens is 464 g/mol. The van der Waals surface area contributed by atoms with E-state index in [4.69, 9.17) is 10.00 Å². The zero-order valence-corrected chi connectivity index (χ0v) is 21.1. The molecule has 2 aliphatic heterocycles. The first kappa shape index (κ1) is 25.7. The van der Waals surface area contributed by atoms with Crippen molar-refractivity contribution < 1.29 is 14.6 Å². The lowest BCUT2D eigenvalue weighted by molar-refractivity contribution is -0.125. The van der Waals surface area contributed by atoms with Gasteiger partial charge in [0.25, 0.3) is 0 Å². The molecule has 0 bridgehead atoms. The Morgan fingerprint density at radius 3 is 2.83 bits per heavy atom. The zero-order valence-electron chi connectivity index (χ0n) is 20.3. The molecule has 1 aliphatic carbocycles. The third-order valence-corrected chi connectivity index (χ3v) is 9.21. The van der Waals surface area contributed by atoms with Crippen LogP contribution in [0.15, 0.2) is 24.3 Å².